The van der Waals surface area contributed by atoms with Crippen LogP contribution in [0.2, 0.25) is 0 Å². The van der Waals surface area contributed by atoms with E-state index in [1.54, 1.807) is 10.6 Å². The van der Waals surface area contributed by atoms with E-state index in [-0.39, 0.29) is 24.1 Å². The minimum atomic E-state index is -0.955. The van der Waals surface area contributed by atoms with Crippen molar-refractivity contribution in [2.75, 3.05) is 24.7 Å². The highest BCUT2D eigenvalue weighted by Crippen LogP contribution is 2.28. The molecular formula is C16H15F2N3O3. The minimum Gasteiger partial charge on any atom is -0.472 e. The molecule has 0 radical (unpaired) electrons. The van der Waals surface area contributed by atoms with Gasteiger partial charge in [0.25, 0.3) is 0 Å². The van der Waals surface area contributed by atoms with Crippen LogP contribution >= 0.6 is 0 Å². The molecule has 8 heteroatoms. The molecule has 1 fully saturated rings. The van der Waals surface area contributed by atoms with Gasteiger partial charge in [0.1, 0.15) is 12.4 Å². The maximum atomic E-state index is 13.7. The van der Waals surface area contributed by atoms with Crippen molar-refractivity contribution in [1.29, 1.82) is 0 Å². The second-order valence-corrected chi connectivity index (χ2v) is 5.77. The molecule has 0 saturated carbocycles. The Morgan fingerprint density at radius 3 is 3.12 bits per heavy atom. The summed E-state index contributed by atoms with van der Waals surface area (Å²) in [5.41, 5.74) is -0.349. The van der Waals surface area contributed by atoms with Crippen molar-refractivity contribution >= 4 is 5.82 Å². The Bertz CT molecular complexity index is 840. The molecule has 1 atom stereocenters. The summed E-state index contributed by atoms with van der Waals surface area (Å²) in [4.78, 5) is 18.1. The van der Waals surface area contributed by atoms with E-state index in [4.69, 9.17) is 9.47 Å². The van der Waals surface area contributed by atoms with Crippen LogP contribution in [0.5, 0.6) is 5.88 Å². The van der Waals surface area contributed by atoms with Crippen LogP contribution in [-0.2, 0) is 17.9 Å². The van der Waals surface area contributed by atoms with Crippen LogP contribution in [0.4, 0.5) is 14.6 Å². The zero-order chi connectivity index (χ0) is 16.7. The quantitative estimate of drug-likeness (QED) is 0.847. The van der Waals surface area contributed by atoms with Crippen molar-refractivity contribution in [2.24, 2.45) is 0 Å². The lowest BCUT2D eigenvalue weighted by Crippen LogP contribution is -2.43. The average molecular weight is 335 g/mol. The average Bonchev–Trinajstić information content (AvgIpc) is 2.96. The summed E-state index contributed by atoms with van der Waals surface area (Å²) in [6, 6.07) is 5.64. The van der Waals surface area contributed by atoms with Gasteiger partial charge < -0.3 is 14.4 Å². The molecule has 0 aliphatic carbocycles. The monoisotopic (exact) mass is 335 g/mol. The van der Waals surface area contributed by atoms with Gasteiger partial charge >= 0.3 is 5.69 Å². The highest BCUT2D eigenvalue weighted by molar-refractivity contribution is 5.47. The third kappa shape index (κ3) is 2.52. The normalized spacial score (nSPS) is 19.1. The van der Waals surface area contributed by atoms with Crippen molar-refractivity contribution in [3.8, 4) is 5.88 Å². The molecule has 0 N–H and O–H groups in total. The van der Waals surface area contributed by atoms with Gasteiger partial charge in [0.05, 0.1) is 25.8 Å². The predicted molar refractivity (Wildman–Crippen MR) is 81.1 cm³/mol. The lowest BCUT2D eigenvalue weighted by Gasteiger charge is -2.30. The zero-order valence-electron chi connectivity index (χ0n) is 12.7. The molecule has 1 saturated heterocycles. The van der Waals surface area contributed by atoms with Crippen molar-refractivity contribution in [3.63, 3.8) is 0 Å². The van der Waals surface area contributed by atoms with E-state index in [1.165, 1.54) is 12.1 Å². The Balaban J connectivity index is 1.58. The van der Waals surface area contributed by atoms with E-state index in [2.05, 4.69) is 9.88 Å². The van der Waals surface area contributed by atoms with Gasteiger partial charge in [-0.1, -0.05) is 12.1 Å². The number of hydrogen-bond acceptors (Lipinski definition) is 5. The summed E-state index contributed by atoms with van der Waals surface area (Å²) >= 11 is 0. The molecule has 6 nitrogen and oxygen atoms in total. The molecular weight excluding hydrogens is 320 g/mol. The van der Waals surface area contributed by atoms with Gasteiger partial charge in [-0.3, -0.25) is 4.57 Å². The van der Waals surface area contributed by atoms with Crippen molar-refractivity contribution in [2.45, 2.75) is 19.2 Å². The Morgan fingerprint density at radius 1 is 1.38 bits per heavy atom. The SMILES string of the molecule is O=c1nc(OCc2cccc(F)c2F)cc2n1C[C@H]1COCCN21. The highest BCUT2D eigenvalue weighted by atomic mass is 19.2. The second-order valence-electron chi connectivity index (χ2n) is 5.77. The summed E-state index contributed by atoms with van der Waals surface area (Å²) in [5, 5.41) is 0. The fourth-order valence-corrected chi connectivity index (χ4v) is 3.09. The lowest BCUT2D eigenvalue weighted by atomic mass is 10.2. The molecule has 126 valence electrons. The molecule has 0 bridgehead atoms. The molecule has 0 unspecified atom stereocenters. The fraction of sp³-hybridized carbons (Fsp3) is 0.375. The molecule has 0 spiro atoms. The summed E-state index contributed by atoms with van der Waals surface area (Å²) in [7, 11) is 0. The molecule has 2 aliphatic rings. The molecule has 2 aliphatic heterocycles. The number of nitrogens with zero attached hydrogens (tertiary/aromatic N) is 3. The predicted octanol–water partition coefficient (Wildman–Crippen LogP) is 1.32. The summed E-state index contributed by atoms with van der Waals surface area (Å²) in [6.45, 7) is 2.17. The Hall–Kier alpha value is -2.48. The van der Waals surface area contributed by atoms with E-state index in [0.29, 0.717) is 26.3 Å². The Kier molecular flexibility index (Phi) is 3.68. The van der Waals surface area contributed by atoms with Crippen LogP contribution in [-0.4, -0.2) is 35.4 Å². The molecule has 2 aromatic rings. The molecule has 24 heavy (non-hydrogen) atoms. The molecule has 3 heterocycles. The minimum absolute atomic E-state index is 0.0710. The maximum absolute atomic E-state index is 13.7. The highest BCUT2D eigenvalue weighted by Gasteiger charge is 2.33. The first-order chi connectivity index (χ1) is 11.6. The van der Waals surface area contributed by atoms with Crippen LogP contribution < -0.4 is 15.3 Å². The number of hydrogen-bond donors (Lipinski definition) is 0. The van der Waals surface area contributed by atoms with Gasteiger partial charge in [-0.05, 0) is 6.07 Å². The van der Waals surface area contributed by atoms with Gasteiger partial charge in [0.2, 0.25) is 5.88 Å². The summed E-state index contributed by atoms with van der Waals surface area (Å²) in [5.74, 6) is -1.07. The Morgan fingerprint density at radius 2 is 2.25 bits per heavy atom. The smallest absolute Gasteiger partial charge is 0.352 e. The topological polar surface area (TPSA) is 56.6 Å². The fourth-order valence-electron chi connectivity index (χ4n) is 3.09. The van der Waals surface area contributed by atoms with Gasteiger partial charge in [0.15, 0.2) is 11.6 Å². The van der Waals surface area contributed by atoms with E-state index in [1.807, 2.05) is 0 Å². The van der Waals surface area contributed by atoms with Gasteiger partial charge in [-0.25, -0.2) is 13.6 Å². The first kappa shape index (κ1) is 15.1. The number of ether oxygens (including phenoxy) is 2. The van der Waals surface area contributed by atoms with Crippen LogP contribution in [0.25, 0.3) is 0 Å². The van der Waals surface area contributed by atoms with Crippen molar-refractivity contribution in [3.05, 3.63) is 51.9 Å². The number of rotatable bonds is 3. The molecule has 4 rings (SSSR count). The summed E-state index contributed by atoms with van der Waals surface area (Å²) in [6.07, 6.45) is 0. The molecule has 1 aromatic heterocycles. The van der Waals surface area contributed by atoms with Crippen LogP contribution in [0.3, 0.4) is 0 Å². The van der Waals surface area contributed by atoms with Crippen LogP contribution in [0.1, 0.15) is 5.56 Å². The third-order valence-electron chi connectivity index (χ3n) is 4.29. The molecule has 0 amide bonds. The number of fused-ring (bicyclic) bond motifs is 3. The van der Waals surface area contributed by atoms with Crippen LogP contribution in [0, 0.1) is 11.6 Å². The Labute approximate surface area is 136 Å². The zero-order valence-corrected chi connectivity index (χ0v) is 12.7. The number of anilines is 1. The largest absolute Gasteiger partial charge is 0.472 e. The number of aromatic nitrogens is 2. The van der Waals surface area contributed by atoms with Gasteiger partial charge in [-0.2, -0.15) is 4.98 Å². The third-order valence-corrected chi connectivity index (χ3v) is 4.29. The summed E-state index contributed by atoms with van der Waals surface area (Å²) < 4.78 is 39.3. The van der Waals surface area contributed by atoms with Crippen molar-refractivity contribution in [1.82, 2.24) is 9.55 Å². The van der Waals surface area contributed by atoms with Crippen molar-refractivity contribution < 1.29 is 18.3 Å². The standard InChI is InChI=1S/C16H15F2N3O3/c17-12-3-1-2-10(15(12)18)8-24-13-6-14-20-4-5-23-9-11(20)7-21(14)16(22)19-13/h1-3,6,11H,4-5,7-9H2/t11-/m0/s1. The first-order valence-corrected chi connectivity index (χ1v) is 7.65. The number of halogens is 2. The van der Waals surface area contributed by atoms with E-state index >= 15 is 0 Å². The van der Waals surface area contributed by atoms with E-state index in [0.717, 1.165) is 11.9 Å². The first-order valence-electron chi connectivity index (χ1n) is 7.65. The number of benzene rings is 1. The van der Waals surface area contributed by atoms with E-state index < -0.39 is 17.3 Å². The van der Waals surface area contributed by atoms with Gasteiger partial charge in [-0.15, -0.1) is 0 Å². The van der Waals surface area contributed by atoms with Gasteiger partial charge in [0, 0.05) is 18.2 Å². The van der Waals surface area contributed by atoms with Crippen LogP contribution in [0.15, 0.2) is 29.1 Å². The molecule has 1 aromatic carbocycles. The van der Waals surface area contributed by atoms with E-state index in [9.17, 15) is 13.6 Å². The second kappa shape index (κ2) is 5.86. The maximum Gasteiger partial charge on any atom is 0.352 e. The lowest BCUT2D eigenvalue weighted by molar-refractivity contribution is 0.0956. The number of morpholine rings is 1.